The molecule has 1 heterocycles. The maximum Gasteiger partial charge on any atom is 0.330 e. The third-order valence-corrected chi connectivity index (χ3v) is 2.87. The van der Waals surface area contributed by atoms with E-state index in [1.807, 2.05) is 30.5 Å². The van der Waals surface area contributed by atoms with E-state index in [1.165, 1.54) is 0 Å². The fourth-order valence-corrected chi connectivity index (χ4v) is 1.75. The predicted molar refractivity (Wildman–Crippen MR) is 73.4 cm³/mol. The highest BCUT2D eigenvalue weighted by atomic mass is 16.5. The highest BCUT2D eigenvalue weighted by Gasteiger charge is 2.17. The van der Waals surface area contributed by atoms with Crippen molar-refractivity contribution < 1.29 is 9.53 Å². The summed E-state index contributed by atoms with van der Waals surface area (Å²) in [6.45, 7) is 3.92. The van der Waals surface area contributed by atoms with E-state index < -0.39 is 6.04 Å². The molecule has 1 unspecified atom stereocenters. The van der Waals surface area contributed by atoms with E-state index in [4.69, 9.17) is 10.5 Å². The van der Waals surface area contributed by atoms with Crippen LogP contribution in [0.4, 0.5) is 5.69 Å². The monoisotopic (exact) mass is 259 g/mol. The lowest BCUT2D eigenvalue weighted by molar-refractivity contribution is -0.146. The summed E-state index contributed by atoms with van der Waals surface area (Å²) in [4.78, 5) is 11.6. The zero-order chi connectivity index (χ0) is 13.8. The van der Waals surface area contributed by atoms with Crippen molar-refractivity contribution in [3.05, 3.63) is 36.7 Å². The van der Waals surface area contributed by atoms with Crippen LogP contribution in [0.2, 0.25) is 0 Å². The highest BCUT2D eigenvalue weighted by molar-refractivity contribution is 5.74. The summed E-state index contributed by atoms with van der Waals surface area (Å²) in [6.07, 6.45) is 3.55. The van der Waals surface area contributed by atoms with Crippen molar-refractivity contribution in [1.82, 2.24) is 9.78 Å². The Morgan fingerprint density at radius 2 is 2.05 bits per heavy atom. The molecule has 0 radical (unpaired) electrons. The third-order valence-electron chi connectivity index (χ3n) is 2.87. The van der Waals surface area contributed by atoms with Crippen LogP contribution < -0.4 is 5.73 Å². The molecule has 0 saturated carbocycles. The molecule has 100 valence electrons. The second-order valence-corrected chi connectivity index (χ2v) is 4.26. The molecule has 2 N–H and O–H groups in total. The Labute approximate surface area is 112 Å². The van der Waals surface area contributed by atoms with Crippen LogP contribution in [0.5, 0.6) is 0 Å². The van der Waals surface area contributed by atoms with Gasteiger partial charge in [0.15, 0.2) is 0 Å². The molecule has 0 bridgehead atoms. The Hall–Kier alpha value is -2.30. The van der Waals surface area contributed by atoms with Gasteiger partial charge in [-0.1, -0.05) is 12.1 Å². The Bertz CT molecular complexity index is 560. The Morgan fingerprint density at radius 3 is 2.68 bits per heavy atom. The molecule has 0 amide bonds. The van der Waals surface area contributed by atoms with Gasteiger partial charge in [0.1, 0.15) is 6.04 Å². The van der Waals surface area contributed by atoms with Gasteiger partial charge in [-0.3, -0.25) is 4.68 Å². The number of aromatic nitrogens is 2. The largest absolute Gasteiger partial charge is 0.464 e. The molecule has 0 saturated heterocycles. The molecule has 5 nitrogen and oxygen atoms in total. The minimum atomic E-state index is -0.428. The number of ether oxygens (including phenoxy) is 1. The molecular weight excluding hydrogens is 242 g/mol. The van der Waals surface area contributed by atoms with Gasteiger partial charge in [-0.25, -0.2) is 4.79 Å². The number of nitrogens with two attached hydrogens (primary N) is 1. The van der Waals surface area contributed by atoms with Gasteiger partial charge in [0, 0.05) is 17.4 Å². The predicted octanol–water partition coefficient (Wildman–Crippen LogP) is 2.26. The smallest absolute Gasteiger partial charge is 0.330 e. The summed E-state index contributed by atoms with van der Waals surface area (Å²) in [7, 11) is 0. The van der Waals surface area contributed by atoms with E-state index in [1.54, 1.807) is 24.7 Å². The van der Waals surface area contributed by atoms with Crippen LogP contribution in [-0.2, 0) is 9.53 Å². The van der Waals surface area contributed by atoms with E-state index in [-0.39, 0.29) is 5.97 Å². The molecule has 1 aromatic carbocycles. The van der Waals surface area contributed by atoms with E-state index in [9.17, 15) is 4.79 Å². The normalized spacial score (nSPS) is 12.1. The lowest BCUT2D eigenvalue weighted by Crippen LogP contribution is -2.19. The van der Waals surface area contributed by atoms with Crippen molar-refractivity contribution in [2.24, 2.45) is 0 Å². The highest BCUT2D eigenvalue weighted by Crippen LogP contribution is 2.21. The molecule has 0 fully saturated rings. The number of carbonyl (C=O) groups is 1. The van der Waals surface area contributed by atoms with E-state index in [0.717, 1.165) is 16.8 Å². The van der Waals surface area contributed by atoms with Gasteiger partial charge in [0.2, 0.25) is 0 Å². The lowest BCUT2D eigenvalue weighted by Gasteiger charge is -2.10. The maximum atomic E-state index is 11.6. The summed E-state index contributed by atoms with van der Waals surface area (Å²) < 4.78 is 6.57. The van der Waals surface area contributed by atoms with Crippen LogP contribution in [0.25, 0.3) is 11.1 Å². The number of benzene rings is 1. The second-order valence-electron chi connectivity index (χ2n) is 4.26. The van der Waals surface area contributed by atoms with Gasteiger partial charge in [0.25, 0.3) is 0 Å². The first-order chi connectivity index (χ1) is 9.11. The van der Waals surface area contributed by atoms with Crippen LogP contribution in [0, 0.1) is 0 Å². The molecule has 5 heteroatoms. The number of esters is 1. The number of nitrogen functional groups attached to an aromatic ring is 1. The topological polar surface area (TPSA) is 70.1 Å². The fourth-order valence-electron chi connectivity index (χ4n) is 1.75. The van der Waals surface area contributed by atoms with Crippen LogP contribution in [-0.4, -0.2) is 22.4 Å². The number of rotatable bonds is 4. The number of anilines is 1. The molecule has 0 aliphatic carbocycles. The molecule has 0 aliphatic rings. The van der Waals surface area contributed by atoms with Crippen molar-refractivity contribution in [2.75, 3.05) is 12.3 Å². The van der Waals surface area contributed by atoms with E-state index in [2.05, 4.69) is 5.10 Å². The number of carbonyl (C=O) groups excluding carboxylic acids is 1. The van der Waals surface area contributed by atoms with Crippen LogP contribution in [0.15, 0.2) is 36.7 Å². The van der Waals surface area contributed by atoms with Gasteiger partial charge < -0.3 is 10.5 Å². The summed E-state index contributed by atoms with van der Waals surface area (Å²) in [5, 5.41) is 4.20. The minimum Gasteiger partial charge on any atom is -0.464 e. The second kappa shape index (κ2) is 5.56. The molecule has 1 atom stereocenters. The van der Waals surface area contributed by atoms with Crippen molar-refractivity contribution in [2.45, 2.75) is 19.9 Å². The zero-order valence-corrected chi connectivity index (χ0v) is 11.0. The maximum absolute atomic E-state index is 11.6. The van der Waals surface area contributed by atoms with Gasteiger partial charge >= 0.3 is 5.97 Å². The Morgan fingerprint density at radius 1 is 1.37 bits per heavy atom. The standard InChI is InChI=1S/C14H17N3O2/c1-3-19-14(18)10(2)17-9-12(8-16-17)11-4-6-13(15)7-5-11/h4-10H,3,15H2,1-2H3. The lowest BCUT2D eigenvalue weighted by atomic mass is 10.1. The average molecular weight is 259 g/mol. The van der Waals surface area contributed by atoms with Gasteiger partial charge in [0.05, 0.1) is 12.8 Å². The Kier molecular flexibility index (Phi) is 3.85. The summed E-state index contributed by atoms with van der Waals surface area (Å²) >= 11 is 0. The van der Waals surface area contributed by atoms with Crippen LogP contribution >= 0.6 is 0 Å². The van der Waals surface area contributed by atoms with Gasteiger partial charge in [-0.2, -0.15) is 5.10 Å². The molecule has 1 aromatic heterocycles. The van der Waals surface area contributed by atoms with Crippen molar-refractivity contribution >= 4 is 11.7 Å². The van der Waals surface area contributed by atoms with Crippen molar-refractivity contribution in [1.29, 1.82) is 0 Å². The molecular formula is C14H17N3O2. The summed E-state index contributed by atoms with van der Waals surface area (Å²) in [6, 6.07) is 7.09. The van der Waals surface area contributed by atoms with E-state index in [0.29, 0.717) is 6.61 Å². The first-order valence-corrected chi connectivity index (χ1v) is 6.18. The fraction of sp³-hybridized carbons (Fsp3) is 0.286. The quantitative estimate of drug-likeness (QED) is 0.675. The van der Waals surface area contributed by atoms with Crippen LogP contribution in [0.1, 0.15) is 19.9 Å². The van der Waals surface area contributed by atoms with Gasteiger partial charge in [-0.15, -0.1) is 0 Å². The molecule has 2 aromatic rings. The molecule has 0 spiro atoms. The van der Waals surface area contributed by atoms with Crippen LogP contribution in [0.3, 0.4) is 0 Å². The first kappa shape index (κ1) is 13.1. The number of hydrogen-bond donors (Lipinski definition) is 1. The number of nitrogens with zero attached hydrogens (tertiary/aromatic N) is 2. The third kappa shape index (κ3) is 2.93. The van der Waals surface area contributed by atoms with Crippen molar-refractivity contribution in [3.63, 3.8) is 0 Å². The van der Waals surface area contributed by atoms with E-state index >= 15 is 0 Å². The number of hydrogen-bond acceptors (Lipinski definition) is 4. The first-order valence-electron chi connectivity index (χ1n) is 6.18. The zero-order valence-electron chi connectivity index (χ0n) is 11.0. The summed E-state index contributed by atoms with van der Waals surface area (Å²) in [5.74, 6) is -0.283. The average Bonchev–Trinajstić information content (AvgIpc) is 2.88. The molecule has 0 aliphatic heterocycles. The van der Waals surface area contributed by atoms with Gasteiger partial charge in [-0.05, 0) is 31.5 Å². The Balaban J connectivity index is 2.19. The van der Waals surface area contributed by atoms with Crippen molar-refractivity contribution in [3.8, 4) is 11.1 Å². The summed E-state index contributed by atoms with van der Waals surface area (Å²) in [5.41, 5.74) is 8.32. The molecule has 19 heavy (non-hydrogen) atoms. The minimum absolute atomic E-state index is 0.283. The molecule has 2 rings (SSSR count). The SMILES string of the molecule is CCOC(=O)C(C)n1cc(-c2ccc(N)cc2)cn1.